The maximum Gasteiger partial charge on any atom is 0.293 e. The second kappa shape index (κ2) is 7.04. The second-order valence-corrected chi connectivity index (χ2v) is 3.93. The van der Waals surface area contributed by atoms with Crippen LogP contribution in [0.4, 0.5) is 0 Å². The summed E-state index contributed by atoms with van der Waals surface area (Å²) >= 11 is 0. The Morgan fingerprint density at radius 3 is 2.33 bits per heavy atom. The van der Waals surface area contributed by atoms with Gasteiger partial charge in [0.2, 0.25) is 0 Å². The van der Waals surface area contributed by atoms with Gasteiger partial charge >= 0.3 is 0 Å². The highest BCUT2D eigenvalue weighted by atomic mass is 16.5. The van der Waals surface area contributed by atoms with E-state index in [2.05, 4.69) is 11.7 Å². The largest absolute Gasteiger partial charge is 0.463 e. The van der Waals surface area contributed by atoms with Crippen molar-refractivity contribution >= 4 is 6.47 Å². The first-order valence-electron chi connectivity index (χ1n) is 5.42. The SMILES string of the molecule is CC1CCC1.O=COCc1ccccc1. The van der Waals surface area contributed by atoms with E-state index in [4.69, 9.17) is 0 Å². The first kappa shape index (κ1) is 11.8. The number of hydrogen-bond acceptors (Lipinski definition) is 2. The van der Waals surface area contributed by atoms with Crippen LogP contribution in [0.3, 0.4) is 0 Å². The maximum atomic E-state index is 9.76. The molecule has 0 bridgehead atoms. The van der Waals surface area contributed by atoms with Gasteiger partial charge in [-0.25, -0.2) is 0 Å². The van der Waals surface area contributed by atoms with Crippen molar-refractivity contribution in [3.8, 4) is 0 Å². The minimum atomic E-state index is 0.365. The summed E-state index contributed by atoms with van der Waals surface area (Å²) < 4.78 is 4.54. The lowest BCUT2D eigenvalue weighted by atomic mass is 9.88. The number of benzene rings is 1. The molecule has 1 fully saturated rings. The van der Waals surface area contributed by atoms with Gasteiger partial charge in [0.25, 0.3) is 6.47 Å². The van der Waals surface area contributed by atoms with Gasteiger partial charge in [0.15, 0.2) is 0 Å². The number of ether oxygens (including phenoxy) is 1. The van der Waals surface area contributed by atoms with E-state index in [0.717, 1.165) is 11.5 Å². The summed E-state index contributed by atoms with van der Waals surface area (Å²) in [6.45, 7) is 3.13. The molecule has 15 heavy (non-hydrogen) atoms. The topological polar surface area (TPSA) is 26.3 Å². The zero-order valence-corrected chi connectivity index (χ0v) is 9.19. The van der Waals surface area contributed by atoms with Gasteiger partial charge in [-0.3, -0.25) is 4.79 Å². The highest BCUT2D eigenvalue weighted by molar-refractivity contribution is 5.37. The zero-order valence-electron chi connectivity index (χ0n) is 9.19. The van der Waals surface area contributed by atoms with Crippen molar-refractivity contribution in [3.63, 3.8) is 0 Å². The van der Waals surface area contributed by atoms with Crippen LogP contribution in [0.1, 0.15) is 31.7 Å². The normalized spacial score (nSPS) is 14.5. The van der Waals surface area contributed by atoms with Crippen LogP contribution < -0.4 is 0 Å². The zero-order chi connectivity index (χ0) is 10.9. The van der Waals surface area contributed by atoms with Crippen LogP contribution in [0.15, 0.2) is 30.3 Å². The Morgan fingerprint density at radius 2 is 1.93 bits per heavy atom. The van der Waals surface area contributed by atoms with Crippen molar-refractivity contribution < 1.29 is 9.53 Å². The van der Waals surface area contributed by atoms with Gasteiger partial charge in [0.05, 0.1) is 0 Å². The van der Waals surface area contributed by atoms with Gasteiger partial charge in [-0.2, -0.15) is 0 Å². The molecule has 82 valence electrons. The van der Waals surface area contributed by atoms with Crippen LogP contribution in [0.2, 0.25) is 0 Å². The molecule has 0 unspecified atom stereocenters. The van der Waals surface area contributed by atoms with Crippen LogP contribution in [0, 0.1) is 5.92 Å². The quantitative estimate of drug-likeness (QED) is 0.710. The van der Waals surface area contributed by atoms with Crippen LogP contribution in [-0.2, 0) is 16.1 Å². The molecule has 1 saturated carbocycles. The number of rotatable bonds is 3. The first-order chi connectivity index (χ1) is 7.33. The predicted molar refractivity (Wildman–Crippen MR) is 60.3 cm³/mol. The minimum absolute atomic E-state index is 0.365. The fraction of sp³-hybridized carbons (Fsp3) is 0.462. The third-order valence-corrected chi connectivity index (χ3v) is 2.55. The van der Waals surface area contributed by atoms with E-state index in [1.807, 2.05) is 30.3 Å². The van der Waals surface area contributed by atoms with E-state index in [1.54, 1.807) is 0 Å². The fourth-order valence-corrected chi connectivity index (χ4v) is 1.32. The van der Waals surface area contributed by atoms with Gasteiger partial charge < -0.3 is 4.74 Å². The average molecular weight is 206 g/mol. The minimum Gasteiger partial charge on any atom is -0.463 e. The number of carbonyl (C=O) groups is 1. The lowest BCUT2D eigenvalue weighted by Gasteiger charge is -2.18. The summed E-state index contributed by atoms with van der Waals surface area (Å²) in [6, 6.07) is 9.55. The molecule has 0 radical (unpaired) electrons. The summed E-state index contributed by atoms with van der Waals surface area (Å²) in [5.41, 5.74) is 1.01. The van der Waals surface area contributed by atoms with Crippen molar-refractivity contribution in [3.05, 3.63) is 35.9 Å². The molecule has 0 heterocycles. The molecule has 1 aliphatic carbocycles. The molecular formula is C13H18O2. The van der Waals surface area contributed by atoms with E-state index in [0.29, 0.717) is 13.1 Å². The maximum absolute atomic E-state index is 9.76. The van der Waals surface area contributed by atoms with Crippen molar-refractivity contribution in [2.75, 3.05) is 0 Å². The van der Waals surface area contributed by atoms with Crippen LogP contribution in [-0.4, -0.2) is 6.47 Å². The molecule has 2 rings (SSSR count). The number of hydrogen-bond donors (Lipinski definition) is 0. The molecule has 0 atom stereocenters. The third-order valence-electron chi connectivity index (χ3n) is 2.55. The van der Waals surface area contributed by atoms with Gasteiger partial charge in [0, 0.05) is 0 Å². The summed E-state index contributed by atoms with van der Waals surface area (Å²) in [5, 5.41) is 0. The molecule has 0 spiro atoms. The summed E-state index contributed by atoms with van der Waals surface area (Å²) in [7, 11) is 0. The molecule has 1 aliphatic rings. The molecule has 2 nitrogen and oxygen atoms in total. The Labute approximate surface area is 91.3 Å². The lowest BCUT2D eigenvalue weighted by molar-refractivity contribution is -0.129. The average Bonchev–Trinajstić information content (AvgIpc) is 2.26. The third kappa shape index (κ3) is 5.21. The molecule has 0 aliphatic heterocycles. The molecule has 2 heteroatoms. The Bertz CT molecular complexity index is 265. The van der Waals surface area contributed by atoms with Crippen LogP contribution >= 0.6 is 0 Å². The summed E-state index contributed by atoms with van der Waals surface area (Å²) in [4.78, 5) is 9.76. The molecular weight excluding hydrogens is 188 g/mol. The highest BCUT2D eigenvalue weighted by Gasteiger charge is 2.09. The first-order valence-corrected chi connectivity index (χ1v) is 5.42. The summed E-state index contributed by atoms with van der Waals surface area (Å²) in [5.74, 6) is 1.06. The Morgan fingerprint density at radius 1 is 1.33 bits per heavy atom. The van der Waals surface area contributed by atoms with Crippen molar-refractivity contribution in [2.45, 2.75) is 32.8 Å². The Hall–Kier alpha value is -1.31. The molecule has 0 amide bonds. The van der Waals surface area contributed by atoms with Crippen molar-refractivity contribution in [1.82, 2.24) is 0 Å². The monoisotopic (exact) mass is 206 g/mol. The highest BCUT2D eigenvalue weighted by Crippen LogP contribution is 2.24. The van der Waals surface area contributed by atoms with Gasteiger partial charge in [-0.15, -0.1) is 0 Å². The molecule has 0 saturated heterocycles. The van der Waals surface area contributed by atoms with Gasteiger partial charge in [-0.05, 0) is 11.5 Å². The van der Waals surface area contributed by atoms with E-state index in [9.17, 15) is 4.79 Å². The van der Waals surface area contributed by atoms with E-state index < -0.39 is 0 Å². The molecule has 1 aromatic rings. The summed E-state index contributed by atoms with van der Waals surface area (Å²) in [6.07, 6.45) is 4.46. The van der Waals surface area contributed by atoms with E-state index in [1.165, 1.54) is 19.3 Å². The fourth-order valence-electron chi connectivity index (χ4n) is 1.32. The molecule has 0 aromatic heterocycles. The predicted octanol–water partition coefficient (Wildman–Crippen LogP) is 3.17. The Kier molecular flexibility index (Phi) is 5.52. The van der Waals surface area contributed by atoms with Crippen molar-refractivity contribution in [1.29, 1.82) is 0 Å². The second-order valence-electron chi connectivity index (χ2n) is 3.93. The standard InChI is InChI=1S/C8H8O2.C5H10/c9-7-10-6-8-4-2-1-3-5-8;1-5-3-2-4-5/h1-5,7H,6H2;5H,2-4H2,1H3. The Balaban J connectivity index is 0.000000187. The van der Waals surface area contributed by atoms with Crippen LogP contribution in [0.5, 0.6) is 0 Å². The van der Waals surface area contributed by atoms with E-state index >= 15 is 0 Å². The van der Waals surface area contributed by atoms with Gasteiger partial charge in [-0.1, -0.05) is 56.5 Å². The smallest absolute Gasteiger partial charge is 0.293 e. The lowest BCUT2D eigenvalue weighted by Crippen LogP contribution is -2.04. The van der Waals surface area contributed by atoms with Gasteiger partial charge in [0.1, 0.15) is 6.61 Å². The van der Waals surface area contributed by atoms with E-state index in [-0.39, 0.29) is 0 Å². The van der Waals surface area contributed by atoms with Crippen LogP contribution in [0.25, 0.3) is 0 Å². The molecule has 1 aromatic carbocycles. The number of carbonyl (C=O) groups excluding carboxylic acids is 1. The molecule has 0 N–H and O–H groups in total. The van der Waals surface area contributed by atoms with Crippen molar-refractivity contribution in [2.24, 2.45) is 5.92 Å².